The number of nitrogens with one attached hydrogen (secondary N) is 1. The normalized spacial score (nSPS) is 10.4. The lowest BCUT2D eigenvalue weighted by Crippen LogP contribution is -2.24. The van der Waals surface area contributed by atoms with Gasteiger partial charge in [-0.25, -0.2) is 4.98 Å². The average Bonchev–Trinajstić information content (AvgIpc) is 3.09. The quantitative estimate of drug-likeness (QED) is 0.750. The van der Waals surface area contributed by atoms with Crippen LogP contribution in [-0.2, 0) is 17.8 Å². The molecule has 5 nitrogen and oxygen atoms in total. The average molecular weight is 339 g/mol. The summed E-state index contributed by atoms with van der Waals surface area (Å²) < 4.78 is 5.28. The predicted molar refractivity (Wildman–Crippen MR) is 93.9 cm³/mol. The van der Waals surface area contributed by atoms with E-state index in [1.807, 2.05) is 41.8 Å². The second kappa shape index (κ2) is 7.70. The summed E-state index contributed by atoms with van der Waals surface area (Å²) in [6.45, 7) is 0.433. The van der Waals surface area contributed by atoms with Gasteiger partial charge in [-0.2, -0.15) is 0 Å². The van der Waals surface area contributed by atoms with Crippen molar-refractivity contribution in [3.63, 3.8) is 0 Å². The maximum Gasteiger partial charge on any atom is 0.226 e. The number of thiazole rings is 1. The number of carbonyl (C=O) groups is 1. The number of hydrogen-bond acceptors (Lipinski definition) is 5. The lowest BCUT2D eigenvalue weighted by molar-refractivity contribution is -0.120. The third-order valence-corrected chi connectivity index (χ3v) is 4.41. The third-order valence-electron chi connectivity index (χ3n) is 3.47. The van der Waals surface area contributed by atoms with Crippen LogP contribution < -0.4 is 10.1 Å². The van der Waals surface area contributed by atoms with Crippen LogP contribution in [0.1, 0.15) is 11.3 Å². The van der Waals surface area contributed by atoms with Gasteiger partial charge in [0.15, 0.2) is 0 Å². The first kappa shape index (κ1) is 16.1. The molecule has 0 radical (unpaired) electrons. The van der Waals surface area contributed by atoms with Crippen molar-refractivity contribution in [3.05, 3.63) is 65.4 Å². The minimum absolute atomic E-state index is 0.0658. The number of rotatable bonds is 6. The molecule has 24 heavy (non-hydrogen) atoms. The van der Waals surface area contributed by atoms with E-state index in [9.17, 15) is 4.79 Å². The number of hydrogen-bond donors (Lipinski definition) is 1. The molecule has 0 saturated carbocycles. The van der Waals surface area contributed by atoms with Gasteiger partial charge in [0.1, 0.15) is 10.8 Å². The fraction of sp³-hybridized carbons (Fsp3) is 0.167. The summed E-state index contributed by atoms with van der Waals surface area (Å²) in [4.78, 5) is 20.7. The van der Waals surface area contributed by atoms with E-state index >= 15 is 0 Å². The molecule has 6 heteroatoms. The molecule has 0 bridgehead atoms. The molecule has 0 spiro atoms. The van der Waals surface area contributed by atoms with Gasteiger partial charge in [-0.15, -0.1) is 11.3 Å². The molecule has 0 aliphatic rings. The van der Waals surface area contributed by atoms with E-state index in [0.717, 1.165) is 27.6 Å². The number of amides is 1. The lowest BCUT2D eigenvalue weighted by Gasteiger charge is -2.09. The monoisotopic (exact) mass is 339 g/mol. The van der Waals surface area contributed by atoms with Crippen LogP contribution in [0.2, 0.25) is 0 Å². The lowest BCUT2D eigenvalue weighted by atomic mass is 10.2. The molecule has 2 heterocycles. The van der Waals surface area contributed by atoms with E-state index in [0.29, 0.717) is 6.54 Å². The maximum atomic E-state index is 12.1. The number of nitrogens with zero attached hydrogens (tertiary/aromatic N) is 2. The first-order valence-electron chi connectivity index (χ1n) is 7.49. The second-order valence-corrected chi connectivity index (χ2v) is 6.01. The number of para-hydroxylation sites is 1. The number of benzene rings is 1. The molecule has 0 atom stereocenters. The summed E-state index contributed by atoms with van der Waals surface area (Å²) in [5.74, 6) is 0.703. The van der Waals surface area contributed by atoms with Crippen molar-refractivity contribution < 1.29 is 9.53 Å². The highest BCUT2D eigenvalue weighted by atomic mass is 32.1. The van der Waals surface area contributed by atoms with E-state index in [4.69, 9.17) is 4.74 Å². The van der Waals surface area contributed by atoms with E-state index in [2.05, 4.69) is 15.3 Å². The molecule has 1 amide bonds. The molecule has 0 saturated heterocycles. The zero-order valence-electron chi connectivity index (χ0n) is 13.2. The maximum absolute atomic E-state index is 12.1. The van der Waals surface area contributed by atoms with Crippen LogP contribution in [0.25, 0.3) is 10.6 Å². The number of aromatic nitrogens is 2. The summed E-state index contributed by atoms with van der Waals surface area (Å²) in [6, 6.07) is 11.5. The fourth-order valence-electron chi connectivity index (χ4n) is 2.28. The van der Waals surface area contributed by atoms with Gasteiger partial charge < -0.3 is 10.1 Å². The van der Waals surface area contributed by atoms with Crippen molar-refractivity contribution in [1.82, 2.24) is 15.3 Å². The molecule has 0 unspecified atom stereocenters. The van der Waals surface area contributed by atoms with Crippen LogP contribution in [0.15, 0.2) is 54.2 Å². The van der Waals surface area contributed by atoms with Crippen molar-refractivity contribution >= 4 is 17.2 Å². The van der Waals surface area contributed by atoms with Crippen molar-refractivity contribution in [2.75, 3.05) is 7.11 Å². The van der Waals surface area contributed by atoms with Crippen LogP contribution in [0, 0.1) is 0 Å². The summed E-state index contributed by atoms with van der Waals surface area (Å²) in [7, 11) is 1.62. The van der Waals surface area contributed by atoms with Crippen molar-refractivity contribution in [2.24, 2.45) is 0 Å². The molecule has 0 aliphatic carbocycles. The van der Waals surface area contributed by atoms with E-state index in [1.54, 1.807) is 19.5 Å². The Morgan fingerprint density at radius 3 is 2.92 bits per heavy atom. The molecule has 122 valence electrons. The topological polar surface area (TPSA) is 64.1 Å². The Hall–Kier alpha value is -2.73. The predicted octanol–water partition coefficient (Wildman–Crippen LogP) is 3.07. The Morgan fingerprint density at radius 1 is 1.25 bits per heavy atom. The zero-order chi connectivity index (χ0) is 16.8. The van der Waals surface area contributed by atoms with Gasteiger partial charge in [0.2, 0.25) is 5.91 Å². The highest BCUT2D eigenvalue weighted by Crippen LogP contribution is 2.23. The third kappa shape index (κ3) is 3.97. The Kier molecular flexibility index (Phi) is 5.18. The number of methoxy groups -OCH3 is 1. The Labute approximate surface area is 144 Å². The van der Waals surface area contributed by atoms with Gasteiger partial charge in [0.25, 0.3) is 0 Å². The van der Waals surface area contributed by atoms with Crippen molar-refractivity contribution in [1.29, 1.82) is 0 Å². The molecular weight excluding hydrogens is 322 g/mol. The molecule has 3 rings (SSSR count). The molecule has 1 aromatic carbocycles. The fourth-order valence-corrected chi connectivity index (χ4v) is 3.09. The Bertz CT molecular complexity index is 818. The van der Waals surface area contributed by atoms with Gasteiger partial charge in [-0.05, 0) is 18.2 Å². The molecule has 1 N–H and O–H groups in total. The minimum atomic E-state index is -0.0658. The minimum Gasteiger partial charge on any atom is -0.496 e. The van der Waals surface area contributed by atoms with E-state index in [-0.39, 0.29) is 12.3 Å². The highest BCUT2D eigenvalue weighted by Gasteiger charge is 2.10. The smallest absolute Gasteiger partial charge is 0.226 e. The summed E-state index contributed by atoms with van der Waals surface area (Å²) in [5, 5.41) is 5.68. The van der Waals surface area contributed by atoms with E-state index in [1.165, 1.54) is 11.3 Å². The second-order valence-electron chi connectivity index (χ2n) is 5.15. The number of ether oxygens (including phenoxy) is 1. The Balaban J connectivity index is 1.58. The van der Waals surface area contributed by atoms with Crippen LogP contribution >= 0.6 is 11.3 Å². The highest BCUT2D eigenvalue weighted by molar-refractivity contribution is 7.13. The summed E-state index contributed by atoms with van der Waals surface area (Å²) >= 11 is 1.51. The van der Waals surface area contributed by atoms with Crippen LogP contribution in [0.4, 0.5) is 0 Å². The van der Waals surface area contributed by atoms with Crippen LogP contribution in [0.5, 0.6) is 5.75 Å². The van der Waals surface area contributed by atoms with Crippen molar-refractivity contribution in [2.45, 2.75) is 13.0 Å². The molecule has 3 aromatic rings. The zero-order valence-corrected chi connectivity index (χ0v) is 14.0. The number of carbonyl (C=O) groups excluding carboxylic acids is 1. The SMILES string of the molecule is COc1ccccc1CNC(=O)Cc1csc(-c2cccnc2)n1. The first-order valence-corrected chi connectivity index (χ1v) is 8.37. The molecule has 0 fully saturated rings. The van der Waals surface area contributed by atoms with Crippen molar-refractivity contribution in [3.8, 4) is 16.3 Å². The van der Waals surface area contributed by atoms with Gasteiger partial charge in [0.05, 0.1) is 19.2 Å². The molecule has 2 aromatic heterocycles. The van der Waals surface area contributed by atoms with Gasteiger partial charge in [0, 0.05) is 35.4 Å². The van der Waals surface area contributed by atoms with Crippen LogP contribution in [0.3, 0.4) is 0 Å². The summed E-state index contributed by atoms with van der Waals surface area (Å²) in [6.07, 6.45) is 3.75. The standard InChI is InChI=1S/C18H17N3O2S/c1-23-16-7-3-2-5-13(16)11-20-17(22)9-15-12-24-18(21-15)14-6-4-8-19-10-14/h2-8,10,12H,9,11H2,1H3,(H,20,22). The first-order chi connectivity index (χ1) is 11.8. The summed E-state index contributed by atoms with van der Waals surface area (Å²) in [5.41, 5.74) is 2.67. The number of pyridine rings is 1. The van der Waals surface area contributed by atoms with Crippen LogP contribution in [-0.4, -0.2) is 23.0 Å². The molecule has 0 aliphatic heterocycles. The van der Waals surface area contributed by atoms with Gasteiger partial charge in [-0.1, -0.05) is 18.2 Å². The molecular formula is C18H17N3O2S. The largest absolute Gasteiger partial charge is 0.496 e. The van der Waals surface area contributed by atoms with Gasteiger partial charge in [-0.3, -0.25) is 9.78 Å². The van der Waals surface area contributed by atoms with E-state index < -0.39 is 0 Å². The van der Waals surface area contributed by atoms with Gasteiger partial charge >= 0.3 is 0 Å². The Morgan fingerprint density at radius 2 is 2.12 bits per heavy atom.